The average Bonchev–Trinajstić information content (AvgIpc) is 3.34. The zero-order valence-corrected chi connectivity index (χ0v) is 24.3. The third-order valence-corrected chi connectivity index (χ3v) is 7.18. The molecule has 5 rings (SSSR count). The molecule has 208 valence electrons. The van der Waals surface area contributed by atoms with Gasteiger partial charge in [-0.1, -0.05) is 59.1 Å². The summed E-state index contributed by atoms with van der Waals surface area (Å²) < 4.78 is 6.34. The second-order valence-corrected chi connectivity index (χ2v) is 10.5. The first kappa shape index (κ1) is 28.2. The van der Waals surface area contributed by atoms with Crippen LogP contribution in [0.25, 0.3) is 0 Å². The molecule has 0 spiro atoms. The summed E-state index contributed by atoms with van der Waals surface area (Å²) in [4.78, 5) is 26.5. The van der Waals surface area contributed by atoms with Gasteiger partial charge in [0.25, 0.3) is 0 Å². The van der Waals surface area contributed by atoms with Crippen LogP contribution in [0.3, 0.4) is 0 Å². The van der Waals surface area contributed by atoms with Crippen molar-refractivity contribution in [1.29, 1.82) is 0 Å². The summed E-state index contributed by atoms with van der Waals surface area (Å²) in [7, 11) is 0. The molecule has 1 heterocycles. The van der Waals surface area contributed by atoms with Crippen LogP contribution in [0.4, 0.5) is 17.1 Å². The minimum Gasteiger partial charge on any atom is -0.488 e. The van der Waals surface area contributed by atoms with Crippen molar-refractivity contribution < 1.29 is 14.3 Å². The van der Waals surface area contributed by atoms with Crippen LogP contribution >= 0.6 is 23.2 Å². The Hall–Kier alpha value is -4.33. The fourth-order valence-electron chi connectivity index (χ4n) is 4.63. The van der Waals surface area contributed by atoms with Gasteiger partial charge in [-0.25, -0.2) is 5.01 Å². The van der Waals surface area contributed by atoms with Crippen molar-refractivity contribution in [3.8, 4) is 5.75 Å². The van der Waals surface area contributed by atoms with Crippen molar-refractivity contribution in [3.05, 3.63) is 118 Å². The SMILES string of the molecule is CC(=O)Nc1ccc(N2C(C(C)=O)=NN(c3ccc(C)cc3)[C@H]2c2cc(Cl)ccc2OCc2ccccc2Cl)cc1. The van der Waals surface area contributed by atoms with Gasteiger partial charge in [-0.05, 0) is 67.6 Å². The Labute approximate surface area is 248 Å². The fourth-order valence-corrected chi connectivity index (χ4v) is 5.00. The van der Waals surface area contributed by atoms with Crippen LogP contribution in [0, 0.1) is 6.92 Å². The molecule has 1 aliphatic rings. The topological polar surface area (TPSA) is 74.2 Å². The summed E-state index contributed by atoms with van der Waals surface area (Å²) in [5, 5.41) is 10.5. The van der Waals surface area contributed by atoms with E-state index >= 15 is 0 Å². The summed E-state index contributed by atoms with van der Waals surface area (Å²) in [6.07, 6.45) is -0.622. The Bertz CT molecular complexity index is 1620. The highest BCUT2D eigenvalue weighted by atomic mass is 35.5. The first-order chi connectivity index (χ1) is 19.7. The summed E-state index contributed by atoms with van der Waals surface area (Å²) in [5.74, 6) is 0.430. The molecule has 0 aliphatic carbocycles. The van der Waals surface area contributed by atoms with E-state index in [1.165, 1.54) is 13.8 Å². The van der Waals surface area contributed by atoms with E-state index < -0.39 is 6.17 Å². The highest BCUT2D eigenvalue weighted by Gasteiger charge is 2.41. The Morgan fingerprint density at radius 3 is 2.24 bits per heavy atom. The maximum absolute atomic E-state index is 13.0. The van der Waals surface area contributed by atoms with Gasteiger partial charge in [0.1, 0.15) is 12.4 Å². The molecule has 1 aliphatic heterocycles. The molecular weight excluding hydrogens is 559 g/mol. The van der Waals surface area contributed by atoms with Crippen molar-refractivity contribution in [2.24, 2.45) is 5.10 Å². The molecule has 0 saturated carbocycles. The maximum atomic E-state index is 13.0. The van der Waals surface area contributed by atoms with Crippen molar-refractivity contribution >= 4 is 57.8 Å². The summed E-state index contributed by atoms with van der Waals surface area (Å²) >= 11 is 13.0. The number of anilines is 3. The van der Waals surface area contributed by atoms with Gasteiger partial charge < -0.3 is 10.1 Å². The van der Waals surface area contributed by atoms with Crippen molar-refractivity contribution in [2.45, 2.75) is 33.5 Å². The number of Topliss-reactive ketones (excluding diaryl/α,β-unsaturated/α-hetero) is 1. The largest absolute Gasteiger partial charge is 0.488 e. The minimum absolute atomic E-state index is 0.174. The molecule has 9 heteroatoms. The highest BCUT2D eigenvalue weighted by molar-refractivity contribution is 6.44. The normalized spacial score (nSPS) is 14.6. The van der Waals surface area contributed by atoms with Gasteiger partial charge in [-0.3, -0.25) is 14.5 Å². The van der Waals surface area contributed by atoms with E-state index in [1.54, 1.807) is 23.2 Å². The Morgan fingerprint density at radius 2 is 1.59 bits per heavy atom. The third-order valence-electron chi connectivity index (χ3n) is 6.58. The first-order valence-corrected chi connectivity index (χ1v) is 13.7. The second-order valence-electron chi connectivity index (χ2n) is 9.69. The maximum Gasteiger partial charge on any atom is 0.221 e. The first-order valence-electron chi connectivity index (χ1n) is 13.0. The summed E-state index contributed by atoms with van der Waals surface area (Å²) in [5.41, 5.74) is 4.76. The number of hydrogen-bond acceptors (Lipinski definition) is 6. The number of rotatable bonds is 8. The molecule has 4 aromatic rings. The molecule has 0 radical (unpaired) electrons. The molecule has 4 aromatic carbocycles. The quantitative estimate of drug-likeness (QED) is 0.228. The van der Waals surface area contributed by atoms with E-state index in [1.807, 2.05) is 84.6 Å². The molecule has 0 saturated heterocycles. The molecule has 0 bridgehead atoms. The van der Waals surface area contributed by atoms with Gasteiger partial charge in [-0.2, -0.15) is 0 Å². The average molecular weight is 588 g/mol. The van der Waals surface area contributed by atoms with Gasteiger partial charge in [-0.15, -0.1) is 5.10 Å². The molecule has 0 unspecified atom stereocenters. The Balaban J connectivity index is 1.64. The number of aryl methyl sites for hydroxylation is 1. The van der Waals surface area contributed by atoms with Gasteiger partial charge in [0, 0.05) is 46.4 Å². The summed E-state index contributed by atoms with van der Waals surface area (Å²) in [6, 6.07) is 28.0. The number of halogens is 2. The third kappa shape index (κ3) is 6.21. The number of ether oxygens (including phenoxy) is 1. The number of ketones is 1. The van der Waals surface area contributed by atoms with Gasteiger partial charge >= 0.3 is 0 Å². The zero-order chi connectivity index (χ0) is 29.1. The predicted molar refractivity (Wildman–Crippen MR) is 165 cm³/mol. The van der Waals surface area contributed by atoms with Crippen molar-refractivity contribution in [1.82, 2.24) is 0 Å². The number of carbonyl (C=O) groups excluding carboxylic acids is 2. The predicted octanol–water partition coefficient (Wildman–Crippen LogP) is 7.77. The Kier molecular flexibility index (Phi) is 8.28. The van der Waals surface area contributed by atoms with E-state index in [0.717, 1.165) is 16.8 Å². The van der Waals surface area contributed by atoms with Crippen LogP contribution in [0.2, 0.25) is 10.0 Å². The van der Waals surface area contributed by atoms with Crippen LogP contribution in [-0.4, -0.2) is 17.5 Å². The lowest BCUT2D eigenvalue weighted by molar-refractivity contribution is -0.114. The fraction of sp³-hybridized carbons (Fsp3) is 0.156. The van der Waals surface area contributed by atoms with Gasteiger partial charge in [0.2, 0.25) is 5.91 Å². The lowest BCUT2D eigenvalue weighted by Gasteiger charge is -2.33. The van der Waals surface area contributed by atoms with E-state index in [-0.39, 0.29) is 24.1 Å². The molecule has 1 amide bonds. The number of hydrogen-bond donors (Lipinski definition) is 1. The van der Waals surface area contributed by atoms with Crippen molar-refractivity contribution in [3.63, 3.8) is 0 Å². The number of benzene rings is 4. The minimum atomic E-state index is -0.622. The molecule has 0 fully saturated rings. The van der Waals surface area contributed by atoms with Gasteiger partial charge in [0.15, 0.2) is 17.8 Å². The van der Waals surface area contributed by atoms with Crippen LogP contribution in [0.5, 0.6) is 5.75 Å². The van der Waals surface area contributed by atoms with Gasteiger partial charge in [0.05, 0.1) is 5.69 Å². The van der Waals surface area contributed by atoms with E-state index in [4.69, 9.17) is 33.0 Å². The molecule has 1 N–H and O–H groups in total. The Morgan fingerprint density at radius 1 is 0.902 bits per heavy atom. The van der Waals surface area contributed by atoms with Crippen LogP contribution in [-0.2, 0) is 16.2 Å². The van der Waals surface area contributed by atoms with Crippen molar-refractivity contribution in [2.75, 3.05) is 15.2 Å². The smallest absolute Gasteiger partial charge is 0.221 e. The second kappa shape index (κ2) is 12.0. The molecule has 41 heavy (non-hydrogen) atoms. The number of carbonyl (C=O) groups is 2. The number of amides is 1. The number of hydrazone groups is 1. The number of nitrogens with one attached hydrogen (secondary N) is 1. The van der Waals surface area contributed by atoms with E-state index in [0.29, 0.717) is 32.7 Å². The lowest BCUT2D eigenvalue weighted by Crippen LogP contribution is -2.38. The lowest BCUT2D eigenvalue weighted by atomic mass is 10.1. The highest BCUT2D eigenvalue weighted by Crippen LogP contribution is 2.43. The molecular formula is C32H28Cl2N4O3. The molecule has 1 atom stereocenters. The van der Waals surface area contributed by atoms with Crippen LogP contribution in [0.15, 0.2) is 96.1 Å². The number of amidine groups is 1. The summed E-state index contributed by atoms with van der Waals surface area (Å²) in [6.45, 7) is 5.18. The zero-order valence-electron chi connectivity index (χ0n) is 22.8. The van der Waals surface area contributed by atoms with E-state index in [2.05, 4.69) is 5.32 Å². The molecule has 7 nitrogen and oxygen atoms in total. The van der Waals surface area contributed by atoms with Crippen LogP contribution in [0.1, 0.15) is 36.7 Å². The standard InChI is InChI=1S/C32H28Cl2N4O3/c1-20-8-13-27(14-9-20)38-32(28-18-24(33)10-17-30(28)41-19-23-6-4-5-7-29(23)34)37(31(36-38)21(2)39)26-15-11-25(12-16-26)35-22(3)40/h4-18,32H,19H2,1-3H3,(H,35,40)/t32-/m0/s1. The number of nitrogens with zero attached hydrogens (tertiary/aromatic N) is 3. The van der Waals surface area contributed by atoms with Crippen LogP contribution < -0.4 is 20.0 Å². The monoisotopic (exact) mass is 586 g/mol. The van der Waals surface area contributed by atoms with E-state index in [9.17, 15) is 9.59 Å². The molecule has 0 aromatic heterocycles.